The fourth-order valence-electron chi connectivity index (χ4n) is 2.75. The zero-order valence-corrected chi connectivity index (χ0v) is 16.7. The van der Waals surface area contributed by atoms with Crippen LogP contribution in [0.4, 0.5) is 5.69 Å². The lowest BCUT2D eigenvalue weighted by atomic mass is 10.2. The maximum atomic E-state index is 12.5. The number of anilines is 1. The molecule has 0 saturated heterocycles. The van der Waals surface area contributed by atoms with E-state index in [-0.39, 0.29) is 24.0 Å². The molecule has 0 atom stereocenters. The number of benzene rings is 1. The van der Waals surface area contributed by atoms with Crippen LogP contribution in [0, 0.1) is 6.92 Å². The van der Waals surface area contributed by atoms with Crippen LogP contribution < -0.4 is 15.4 Å². The lowest BCUT2D eigenvalue weighted by molar-refractivity contribution is 0.0945. The van der Waals surface area contributed by atoms with Gasteiger partial charge in [0.25, 0.3) is 11.8 Å². The molecule has 2 N–H and O–H groups in total. The summed E-state index contributed by atoms with van der Waals surface area (Å²) >= 11 is 0. The Bertz CT molecular complexity index is 1010. The number of aromatic nitrogens is 2. The molecule has 8 heteroatoms. The number of hydrogen-bond acceptors (Lipinski definition) is 5. The molecular formula is C21H24N4O4. The Balaban J connectivity index is 1.65. The molecule has 0 aliphatic heterocycles. The van der Waals surface area contributed by atoms with Crippen LogP contribution in [0.3, 0.4) is 0 Å². The molecule has 29 heavy (non-hydrogen) atoms. The SMILES string of the molecule is CCCNC(=O)c1c(NC(=O)c2ccc(COc3ccccc3C)o2)cnn1C. The van der Waals surface area contributed by atoms with Crippen LogP contribution in [0.2, 0.25) is 0 Å². The number of aryl methyl sites for hydroxylation is 2. The van der Waals surface area contributed by atoms with Gasteiger partial charge in [-0.1, -0.05) is 25.1 Å². The first-order valence-electron chi connectivity index (χ1n) is 9.38. The summed E-state index contributed by atoms with van der Waals surface area (Å²) in [6.07, 6.45) is 2.24. The van der Waals surface area contributed by atoms with Gasteiger partial charge in [0.05, 0.1) is 11.9 Å². The van der Waals surface area contributed by atoms with Gasteiger partial charge in [-0.25, -0.2) is 0 Å². The molecule has 0 unspecified atom stereocenters. The van der Waals surface area contributed by atoms with Crippen molar-refractivity contribution >= 4 is 17.5 Å². The minimum Gasteiger partial charge on any atom is -0.485 e. The Labute approximate surface area is 168 Å². The zero-order chi connectivity index (χ0) is 20.8. The quantitative estimate of drug-likeness (QED) is 0.609. The number of para-hydroxylation sites is 1. The Kier molecular flexibility index (Phi) is 6.33. The fourth-order valence-corrected chi connectivity index (χ4v) is 2.75. The highest BCUT2D eigenvalue weighted by atomic mass is 16.5. The molecule has 0 aliphatic rings. The molecule has 0 spiro atoms. The van der Waals surface area contributed by atoms with E-state index in [2.05, 4.69) is 15.7 Å². The van der Waals surface area contributed by atoms with Crippen molar-refractivity contribution < 1.29 is 18.7 Å². The van der Waals surface area contributed by atoms with Gasteiger partial charge in [0.15, 0.2) is 5.76 Å². The van der Waals surface area contributed by atoms with Crippen molar-refractivity contribution in [3.05, 3.63) is 65.4 Å². The van der Waals surface area contributed by atoms with Gasteiger partial charge in [-0.2, -0.15) is 5.10 Å². The van der Waals surface area contributed by atoms with Crippen molar-refractivity contribution in [1.29, 1.82) is 0 Å². The molecule has 0 bridgehead atoms. The number of ether oxygens (including phenoxy) is 1. The number of amides is 2. The third-order valence-corrected chi connectivity index (χ3v) is 4.29. The number of furan rings is 1. The monoisotopic (exact) mass is 396 g/mol. The molecule has 0 saturated carbocycles. The molecule has 2 amide bonds. The highest BCUT2D eigenvalue weighted by molar-refractivity contribution is 6.07. The van der Waals surface area contributed by atoms with Gasteiger partial charge in [-0.3, -0.25) is 14.3 Å². The first kappa shape index (κ1) is 20.2. The van der Waals surface area contributed by atoms with Gasteiger partial charge < -0.3 is 19.8 Å². The number of nitrogens with zero attached hydrogens (tertiary/aromatic N) is 2. The van der Waals surface area contributed by atoms with Crippen LogP contribution >= 0.6 is 0 Å². The number of hydrogen-bond donors (Lipinski definition) is 2. The Hall–Kier alpha value is -3.55. The van der Waals surface area contributed by atoms with E-state index in [1.54, 1.807) is 19.2 Å². The minimum atomic E-state index is -0.468. The predicted octanol–water partition coefficient (Wildman–Crippen LogP) is 3.29. The van der Waals surface area contributed by atoms with Gasteiger partial charge in [0, 0.05) is 13.6 Å². The van der Waals surface area contributed by atoms with E-state index in [1.807, 2.05) is 38.1 Å². The topological polar surface area (TPSA) is 98.4 Å². The van der Waals surface area contributed by atoms with E-state index >= 15 is 0 Å². The standard InChI is InChI=1S/C21H24N4O4/c1-4-11-22-21(27)19-16(12-23-25(19)3)24-20(26)18-10-9-15(29-18)13-28-17-8-6-5-7-14(17)2/h5-10,12H,4,11,13H2,1-3H3,(H,22,27)(H,24,26). The summed E-state index contributed by atoms with van der Waals surface area (Å²) < 4.78 is 12.7. The summed E-state index contributed by atoms with van der Waals surface area (Å²) in [6.45, 7) is 4.66. The van der Waals surface area contributed by atoms with Gasteiger partial charge in [0.2, 0.25) is 0 Å². The average molecular weight is 396 g/mol. The van der Waals surface area contributed by atoms with Crippen molar-refractivity contribution in [2.75, 3.05) is 11.9 Å². The first-order valence-corrected chi connectivity index (χ1v) is 9.38. The predicted molar refractivity (Wildman–Crippen MR) is 108 cm³/mol. The maximum Gasteiger partial charge on any atom is 0.291 e. The molecule has 2 heterocycles. The molecule has 8 nitrogen and oxygen atoms in total. The maximum absolute atomic E-state index is 12.5. The molecule has 0 aliphatic carbocycles. The zero-order valence-electron chi connectivity index (χ0n) is 16.7. The van der Waals surface area contributed by atoms with Gasteiger partial charge in [0.1, 0.15) is 23.8 Å². The van der Waals surface area contributed by atoms with Crippen molar-refractivity contribution in [2.45, 2.75) is 26.9 Å². The van der Waals surface area contributed by atoms with E-state index in [0.29, 0.717) is 18.0 Å². The second kappa shape index (κ2) is 9.09. The molecule has 0 radical (unpaired) electrons. The summed E-state index contributed by atoms with van der Waals surface area (Å²) in [5, 5.41) is 9.52. The van der Waals surface area contributed by atoms with Crippen LogP contribution in [0.15, 0.2) is 47.0 Å². The summed E-state index contributed by atoms with van der Waals surface area (Å²) in [5.74, 6) is 0.634. The second-order valence-corrected chi connectivity index (χ2v) is 6.56. The molecule has 0 fully saturated rings. The Morgan fingerprint density at radius 1 is 1.17 bits per heavy atom. The third-order valence-electron chi connectivity index (χ3n) is 4.29. The Morgan fingerprint density at radius 2 is 1.97 bits per heavy atom. The van der Waals surface area contributed by atoms with Gasteiger partial charge in [-0.15, -0.1) is 0 Å². The molecule has 2 aromatic heterocycles. The van der Waals surface area contributed by atoms with E-state index in [0.717, 1.165) is 17.7 Å². The first-order chi connectivity index (χ1) is 14.0. The van der Waals surface area contributed by atoms with Crippen LogP contribution in [-0.4, -0.2) is 28.1 Å². The fraction of sp³-hybridized carbons (Fsp3) is 0.286. The van der Waals surface area contributed by atoms with Crippen molar-refractivity contribution in [3.63, 3.8) is 0 Å². The molecule has 3 rings (SSSR count). The van der Waals surface area contributed by atoms with Crippen LogP contribution in [0.1, 0.15) is 45.7 Å². The van der Waals surface area contributed by atoms with Crippen LogP contribution in [0.25, 0.3) is 0 Å². The molecular weight excluding hydrogens is 372 g/mol. The summed E-state index contributed by atoms with van der Waals surface area (Å²) in [4.78, 5) is 24.9. The summed E-state index contributed by atoms with van der Waals surface area (Å²) in [7, 11) is 1.64. The minimum absolute atomic E-state index is 0.122. The van der Waals surface area contributed by atoms with E-state index in [4.69, 9.17) is 9.15 Å². The van der Waals surface area contributed by atoms with Gasteiger partial charge in [-0.05, 0) is 37.1 Å². The van der Waals surface area contributed by atoms with E-state index in [1.165, 1.54) is 10.9 Å². The third kappa shape index (κ3) is 4.84. The lowest BCUT2D eigenvalue weighted by Crippen LogP contribution is -2.27. The van der Waals surface area contributed by atoms with Crippen LogP contribution in [0.5, 0.6) is 5.75 Å². The van der Waals surface area contributed by atoms with Crippen molar-refractivity contribution in [3.8, 4) is 5.75 Å². The molecule has 152 valence electrons. The average Bonchev–Trinajstić information content (AvgIpc) is 3.32. The van der Waals surface area contributed by atoms with Crippen LogP contribution in [-0.2, 0) is 13.7 Å². The van der Waals surface area contributed by atoms with Crippen molar-refractivity contribution in [2.24, 2.45) is 7.05 Å². The molecule has 3 aromatic rings. The normalized spacial score (nSPS) is 10.6. The number of nitrogens with one attached hydrogen (secondary N) is 2. The van der Waals surface area contributed by atoms with E-state index < -0.39 is 5.91 Å². The summed E-state index contributed by atoms with van der Waals surface area (Å²) in [6, 6.07) is 10.9. The van der Waals surface area contributed by atoms with Crippen molar-refractivity contribution in [1.82, 2.24) is 15.1 Å². The smallest absolute Gasteiger partial charge is 0.291 e. The van der Waals surface area contributed by atoms with E-state index in [9.17, 15) is 9.59 Å². The Morgan fingerprint density at radius 3 is 2.72 bits per heavy atom. The lowest BCUT2D eigenvalue weighted by Gasteiger charge is -2.08. The summed E-state index contributed by atoms with van der Waals surface area (Å²) in [5.41, 5.74) is 1.61. The largest absolute Gasteiger partial charge is 0.485 e. The number of rotatable bonds is 8. The highest BCUT2D eigenvalue weighted by Gasteiger charge is 2.20. The highest BCUT2D eigenvalue weighted by Crippen LogP contribution is 2.20. The number of carbonyl (C=O) groups excluding carboxylic acids is 2. The second-order valence-electron chi connectivity index (χ2n) is 6.56. The molecule has 1 aromatic carbocycles. The number of carbonyl (C=O) groups is 2. The van der Waals surface area contributed by atoms with Gasteiger partial charge >= 0.3 is 0 Å².